The van der Waals surface area contributed by atoms with Crippen LogP contribution in [0.5, 0.6) is 0 Å². The summed E-state index contributed by atoms with van der Waals surface area (Å²) in [4.78, 5) is 26.3. The van der Waals surface area contributed by atoms with E-state index >= 15 is 0 Å². The molecule has 1 aromatic heterocycles. The van der Waals surface area contributed by atoms with Gasteiger partial charge >= 0.3 is 6.03 Å². The molecule has 0 radical (unpaired) electrons. The molecule has 1 saturated heterocycles. The molecule has 1 aliphatic heterocycles. The molecule has 140 valence electrons. The van der Waals surface area contributed by atoms with Crippen LogP contribution in [-0.4, -0.2) is 21.4 Å². The number of hydrogen-bond donors (Lipinski definition) is 1. The van der Waals surface area contributed by atoms with E-state index < -0.39 is 6.03 Å². The minimum Gasteiger partial charge on any atom is -0.318 e. The Hall–Kier alpha value is -3.60. The van der Waals surface area contributed by atoms with Gasteiger partial charge in [-0.1, -0.05) is 48.5 Å². The molecule has 5 heteroatoms. The number of para-hydroxylation sites is 1. The van der Waals surface area contributed by atoms with Gasteiger partial charge in [0, 0.05) is 17.1 Å². The topological polar surface area (TPSA) is 54.3 Å². The van der Waals surface area contributed by atoms with Crippen LogP contribution in [0.2, 0.25) is 0 Å². The number of urea groups is 1. The van der Waals surface area contributed by atoms with E-state index in [2.05, 4.69) is 9.88 Å². The standard InChI is InChI=1S/C23H21N3O2/c1-16-13-19(17(2)26(16)20-11-7-4-8-12-20)14-21-22(27)25(23(28)24-21)15-18-9-5-3-6-10-18/h3-14H,15H2,1-2H3,(H,24,28)/b21-14+. The lowest BCUT2D eigenvalue weighted by atomic mass is 10.2. The number of benzene rings is 2. The van der Waals surface area contributed by atoms with Gasteiger partial charge in [0.2, 0.25) is 0 Å². The Morgan fingerprint density at radius 3 is 2.25 bits per heavy atom. The van der Waals surface area contributed by atoms with Crippen LogP contribution < -0.4 is 5.32 Å². The van der Waals surface area contributed by atoms with Crippen LogP contribution in [0.4, 0.5) is 4.79 Å². The summed E-state index contributed by atoms with van der Waals surface area (Å²) < 4.78 is 2.13. The maximum absolute atomic E-state index is 12.8. The molecule has 0 aliphatic carbocycles. The van der Waals surface area contributed by atoms with Crippen LogP contribution >= 0.6 is 0 Å². The highest BCUT2D eigenvalue weighted by molar-refractivity contribution is 6.13. The molecule has 0 spiro atoms. The maximum Gasteiger partial charge on any atom is 0.329 e. The number of carbonyl (C=O) groups excluding carboxylic acids is 2. The van der Waals surface area contributed by atoms with Gasteiger partial charge in [0.05, 0.1) is 6.54 Å². The molecule has 28 heavy (non-hydrogen) atoms. The first-order valence-electron chi connectivity index (χ1n) is 9.17. The number of nitrogens with one attached hydrogen (secondary N) is 1. The molecule has 2 aromatic carbocycles. The summed E-state index contributed by atoms with van der Waals surface area (Å²) in [6.07, 6.45) is 1.76. The molecule has 1 aliphatic rings. The lowest BCUT2D eigenvalue weighted by molar-refractivity contribution is -0.123. The quantitative estimate of drug-likeness (QED) is 0.552. The predicted molar refractivity (Wildman–Crippen MR) is 109 cm³/mol. The van der Waals surface area contributed by atoms with Gasteiger partial charge in [-0.25, -0.2) is 4.79 Å². The average Bonchev–Trinajstić information content (AvgIpc) is 3.13. The van der Waals surface area contributed by atoms with Crippen LogP contribution in [0.3, 0.4) is 0 Å². The van der Waals surface area contributed by atoms with E-state index in [1.807, 2.05) is 80.6 Å². The third-order valence-corrected chi connectivity index (χ3v) is 4.93. The molecule has 1 fully saturated rings. The summed E-state index contributed by atoms with van der Waals surface area (Å²) in [6.45, 7) is 4.29. The van der Waals surface area contributed by atoms with Crippen LogP contribution in [-0.2, 0) is 11.3 Å². The van der Waals surface area contributed by atoms with E-state index in [4.69, 9.17) is 0 Å². The van der Waals surface area contributed by atoms with Crippen molar-refractivity contribution in [3.05, 3.63) is 94.9 Å². The van der Waals surface area contributed by atoms with E-state index in [9.17, 15) is 9.59 Å². The van der Waals surface area contributed by atoms with E-state index in [1.165, 1.54) is 4.90 Å². The first-order chi connectivity index (χ1) is 13.5. The van der Waals surface area contributed by atoms with Gasteiger partial charge in [-0.05, 0) is 49.2 Å². The predicted octanol–water partition coefficient (Wildman–Crippen LogP) is 4.19. The molecule has 0 unspecified atom stereocenters. The summed E-state index contributed by atoms with van der Waals surface area (Å²) in [7, 11) is 0. The molecule has 3 amide bonds. The fourth-order valence-corrected chi connectivity index (χ4v) is 3.54. The Kier molecular flexibility index (Phi) is 4.57. The zero-order chi connectivity index (χ0) is 19.7. The molecule has 1 N–H and O–H groups in total. The Morgan fingerprint density at radius 2 is 1.57 bits per heavy atom. The summed E-state index contributed by atoms with van der Waals surface area (Å²) >= 11 is 0. The van der Waals surface area contributed by atoms with Crippen molar-refractivity contribution in [3.8, 4) is 5.69 Å². The number of carbonyl (C=O) groups is 2. The second-order valence-corrected chi connectivity index (χ2v) is 6.86. The van der Waals surface area contributed by atoms with E-state index in [0.717, 1.165) is 28.2 Å². The van der Waals surface area contributed by atoms with Crippen LogP contribution in [0.25, 0.3) is 11.8 Å². The largest absolute Gasteiger partial charge is 0.329 e. The van der Waals surface area contributed by atoms with Crippen molar-refractivity contribution >= 4 is 18.0 Å². The van der Waals surface area contributed by atoms with Crippen LogP contribution in [0.1, 0.15) is 22.5 Å². The lowest BCUT2D eigenvalue weighted by Gasteiger charge is -2.11. The fraction of sp³-hybridized carbons (Fsp3) is 0.130. The van der Waals surface area contributed by atoms with Gasteiger partial charge in [-0.2, -0.15) is 0 Å². The zero-order valence-corrected chi connectivity index (χ0v) is 15.8. The van der Waals surface area contributed by atoms with Gasteiger partial charge in [0.15, 0.2) is 0 Å². The summed E-state index contributed by atoms with van der Waals surface area (Å²) in [5.74, 6) is -0.307. The van der Waals surface area contributed by atoms with Gasteiger partial charge in [0.1, 0.15) is 5.70 Å². The van der Waals surface area contributed by atoms with Crippen molar-refractivity contribution < 1.29 is 9.59 Å². The lowest BCUT2D eigenvalue weighted by Crippen LogP contribution is -2.30. The van der Waals surface area contributed by atoms with Crippen molar-refractivity contribution in [2.75, 3.05) is 0 Å². The molecule has 3 aromatic rings. The SMILES string of the molecule is Cc1cc(/C=C2/NC(=O)N(Cc3ccccc3)C2=O)c(C)n1-c1ccccc1. The highest BCUT2D eigenvalue weighted by Crippen LogP contribution is 2.24. The van der Waals surface area contributed by atoms with Gasteiger partial charge in [0.25, 0.3) is 5.91 Å². The number of nitrogens with zero attached hydrogens (tertiary/aromatic N) is 2. The molecule has 0 saturated carbocycles. The summed E-state index contributed by atoms with van der Waals surface area (Å²) in [5.41, 5.74) is 5.26. The zero-order valence-electron chi connectivity index (χ0n) is 15.8. The first-order valence-corrected chi connectivity index (χ1v) is 9.17. The second-order valence-electron chi connectivity index (χ2n) is 6.86. The van der Waals surface area contributed by atoms with Crippen molar-refractivity contribution in [2.45, 2.75) is 20.4 Å². The van der Waals surface area contributed by atoms with Gasteiger partial charge in [-0.15, -0.1) is 0 Å². The monoisotopic (exact) mass is 371 g/mol. The average molecular weight is 371 g/mol. The number of amides is 3. The van der Waals surface area contributed by atoms with Crippen LogP contribution in [0.15, 0.2) is 72.4 Å². The molecular formula is C23H21N3O2. The Balaban J connectivity index is 1.63. The molecular weight excluding hydrogens is 350 g/mol. The maximum atomic E-state index is 12.8. The van der Waals surface area contributed by atoms with Gasteiger partial charge in [-0.3, -0.25) is 9.69 Å². The summed E-state index contributed by atoms with van der Waals surface area (Å²) in [6, 6.07) is 21.2. The first kappa shape index (κ1) is 17.8. The van der Waals surface area contributed by atoms with Crippen molar-refractivity contribution in [1.29, 1.82) is 0 Å². The van der Waals surface area contributed by atoms with Crippen molar-refractivity contribution in [2.24, 2.45) is 0 Å². The summed E-state index contributed by atoms with van der Waals surface area (Å²) in [5, 5.41) is 2.71. The van der Waals surface area contributed by atoms with Crippen molar-refractivity contribution in [3.63, 3.8) is 0 Å². The Labute approximate surface area is 163 Å². The highest BCUT2D eigenvalue weighted by Gasteiger charge is 2.33. The van der Waals surface area contributed by atoms with Crippen LogP contribution in [0, 0.1) is 13.8 Å². The molecule has 0 atom stereocenters. The smallest absolute Gasteiger partial charge is 0.318 e. The third-order valence-electron chi connectivity index (χ3n) is 4.93. The van der Waals surface area contributed by atoms with E-state index in [1.54, 1.807) is 6.08 Å². The van der Waals surface area contributed by atoms with E-state index in [-0.39, 0.29) is 12.5 Å². The minimum absolute atomic E-state index is 0.256. The minimum atomic E-state index is -0.392. The fourth-order valence-electron chi connectivity index (χ4n) is 3.54. The van der Waals surface area contributed by atoms with Crippen molar-refractivity contribution in [1.82, 2.24) is 14.8 Å². The highest BCUT2D eigenvalue weighted by atomic mass is 16.2. The second kappa shape index (κ2) is 7.19. The normalized spacial score (nSPS) is 15.4. The molecule has 4 rings (SSSR count). The molecule has 5 nitrogen and oxygen atoms in total. The Morgan fingerprint density at radius 1 is 0.929 bits per heavy atom. The molecule has 0 bridgehead atoms. The number of hydrogen-bond acceptors (Lipinski definition) is 2. The van der Waals surface area contributed by atoms with E-state index in [0.29, 0.717) is 5.70 Å². The number of rotatable bonds is 4. The number of aromatic nitrogens is 1. The number of aryl methyl sites for hydroxylation is 1. The molecule has 2 heterocycles. The Bertz CT molecular complexity index is 1070. The van der Waals surface area contributed by atoms with Gasteiger partial charge < -0.3 is 9.88 Å². The number of imide groups is 1. The third kappa shape index (κ3) is 3.22.